The molecule has 1 aromatic carbocycles. The standard InChI is InChI=1S/C15H20O2/c1-15(2,10-14(16)17)13-8-4-7-12(9-13)11-5-3-6-11/h4,7-9,11H,3,5-6,10H2,1-2H3,(H,16,17). The second kappa shape index (κ2) is 4.52. The van der Waals surface area contributed by atoms with Crippen LogP contribution in [0.1, 0.15) is 56.6 Å². The van der Waals surface area contributed by atoms with Crippen molar-refractivity contribution in [1.29, 1.82) is 0 Å². The molecule has 2 rings (SSSR count). The molecule has 0 unspecified atom stereocenters. The zero-order valence-electron chi connectivity index (χ0n) is 10.6. The van der Waals surface area contributed by atoms with Gasteiger partial charge in [-0.25, -0.2) is 0 Å². The Kier molecular flexibility index (Phi) is 3.23. The molecule has 17 heavy (non-hydrogen) atoms. The molecule has 0 aromatic heterocycles. The van der Waals surface area contributed by atoms with Gasteiger partial charge in [-0.2, -0.15) is 0 Å². The highest BCUT2D eigenvalue weighted by atomic mass is 16.4. The number of aliphatic carboxylic acids is 1. The largest absolute Gasteiger partial charge is 0.481 e. The average molecular weight is 232 g/mol. The van der Waals surface area contributed by atoms with Crippen LogP contribution in [-0.4, -0.2) is 11.1 Å². The van der Waals surface area contributed by atoms with Crippen molar-refractivity contribution < 1.29 is 9.90 Å². The Morgan fingerprint density at radius 1 is 1.41 bits per heavy atom. The van der Waals surface area contributed by atoms with Crippen LogP contribution in [0.5, 0.6) is 0 Å². The van der Waals surface area contributed by atoms with Crippen LogP contribution >= 0.6 is 0 Å². The third-order valence-corrected chi connectivity index (χ3v) is 3.84. The maximum atomic E-state index is 10.9. The summed E-state index contributed by atoms with van der Waals surface area (Å²) in [6, 6.07) is 8.48. The van der Waals surface area contributed by atoms with Crippen LogP contribution in [0.25, 0.3) is 0 Å². The van der Waals surface area contributed by atoms with E-state index in [9.17, 15) is 4.79 Å². The van der Waals surface area contributed by atoms with Crippen LogP contribution in [0.15, 0.2) is 24.3 Å². The summed E-state index contributed by atoms with van der Waals surface area (Å²) in [4.78, 5) is 10.9. The second-order valence-electron chi connectivity index (χ2n) is 5.71. The SMILES string of the molecule is CC(C)(CC(=O)O)c1cccc(C2CCC2)c1. The summed E-state index contributed by atoms with van der Waals surface area (Å²) in [6.45, 7) is 4.00. The van der Waals surface area contributed by atoms with Crippen LogP contribution in [0.2, 0.25) is 0 Å². The first-order valence-corrected chi connectivity index (χ1v) is 6.31. The smallest absolute Gasteiger partial charge is 0.304 e. The lowest BCUT2D eigenvalue weighted by atomic mass is 9.76. The van der Waals surface area contributed by atoms with Gasteiger partial charge in [-0.1, -0.05) is 44.5 Å². The summed E-state index contributed by atoms with van der Waals surface area (Å²) in [7, 11) is 0. The van der Waals surface area contributed by atoms with Crippen LogP contribution in [0, 0.1) is 0 Å². The normalized spacial score (nSPS) is 16.6. The number of hydrogen-bond acceptors (Lipinski definition) is 1. The van der Waals surface area contributed by atoms with E-state index in [4.69, 9.17) is 5.11 Å². The van der Waals surface area contributed by atoms with Gasteiger partial charge in [0, 0.05) is 5.41 Å². The number of carboxylic acid groups (broad SMARTS) is 1. The number of carboxylic acids is 1. The second-order valence-corrected chi connectivity index (χ2v) is 5.71. The van der Waals surface area contributed by atoms with Gasteiger partial charge in [0.15, 0.2) is 0 Å². The molecule has 1 aromatic rings. The summed E-state index contributed by atoms with van der Waals surface area (Å²) in [5.74, 6) is -0.0281. The van der Waals surface area contributed by atoms with E-state index < -0.39 is 5.97 Å². The lowest BCUT2D eigenvalue weighted by molar-refractivity contribution is -0.138. The Hall–Kier alpha value is -1.31. The van der Waals surface area contributed by atoms with E-state index in [1.165, 1.54) is 24.8 Å². The Bertz CT molecular complexity index is 417. The Morgan fingerprint density at radius 3 is 2.65 bits per heavy atom. The van der Waals surface area contributed by atoms with Gasteiger partial charge in [0.2, 0.25) is 0 Å². The number of benzene rings is 1. The Balaban J connectivity index is 2.22. The van der Waals surface area contributed by atoms with Crippen molar-refractivity contribution in [3.05, 3.63) is 35.4 Å². The van der Waals surface area contributed by atoms with Crippen LogP contribution in [0.3, 0.4) is 0 Å². The molecule has 0 aliphatic heterocycles. The van der Waals surface area contributed by atoms with E-state index in [0.717, 1.165) is 5.56 Å². The van der Waals surface area contributed by atoms with Gasteiger partial charge in [-0.05, 0) is 29.9 Å². The third-order valence-electron chi connectivity index (χ3n) is 3.84. The van der Waals surface area contributed by atoms with E-state index in [0.29, 0.717) is 5.92 Å². The minimum Gasteiger partial charge on any atom is -0.481 e. The fraction of sp³-hybridized carbons (Fsp3) is 0.533. The summed E-state index contributed by atoms with van der Waals surface area (Å²) in [6.07, 6.45) is 4.07. The number of rotatable bonds is 4. The van der Waals surface area contributed by atoms with Gasteiger partial charge < -0.3 is 5.11 Å². The number of hydrogen-bond donors (Lipinski definition) is 1. The topological polar surface area (TPSA) is 37.3 Å². The van der Waals surface area contributed by atoms with Crippen molar-refractivity contribution in [3.63, 3.8) is 0 Å². The first-order valence-electron chi connectivity index (χ1n) is 6.31. The highest BCUT2D eigenvalue weighted by Crippen LogP contribution is 2.38. The van der Waals surface area contributed by atoms with E-state index >= 15 is 0 Å². The molecule has 0 spiro atoms. The minimum absolute atomic E-state index is 0.182. The first kappa shape index (κ1) is 12.2. The monoisotopic (exact) mass is 232 g/mol. The van der Waals surface area contributed by atoms with Crippen molar-refractivity contribution in [2.24, 2.45) is 0 Å². The molecule has 2 heteroatoms. The van der Waals surface area contributed by atoms with Gasteiger partial charge in [-0.15, -0.1) is 0 Å². The molecule has 1 aliphatic carbocycles. The van der Waals surface area contributed by atoms with Gasteiger partial charge in [0.1, 0.15) is 0 Å². The van der Waals surface area contributed by atoms with Crippen molar-refractivity contribution in [3.8, 4) is 0 Å². The fourth-order valence-electron chi connectivity index (χ4n) is 2.44. The molecule has 1 aliphatic rings. The summed E-state index contributed by atoms with van der Waals surface area (Å²) >= 11 is 0. The Labute approximate surface area is 103 Å². The van der Waals surface area contributed by atoms with Crippen LogP contribution < -0.4 is 0 Å². The van der Waals surface area contributed by atoms with Crippen molar-refractivity contribution >= 4 is 5.97 Å². The predicted molar refractivity (Wildman–Crippen MR) is 68.3 cm³/mol. The van der Waals surface area contributed by atoms with Crippen LogP contribution in [-0.2, 0) is 10.2 Å². The van der Waals surface area contributed by atoms with Crippen molar-refractivity contribution in [2.75, 3.05) is 0 Å². The summed E-state index contributed by atoms with van der Waals surface area (Å²) in [5, 5.41) is 8.95. The first-order chi connectivity index (χ1) is 7.99. The minimum atomic E-state index is -0.732. The maximum Gasteiger partial charge on any atom is 0.304 e. The van der Waals surface area contributed by atoms with Gasteiger partial charge in [0.05, 0.1) is 6.42 Å². The third kappa shape index (κ3) is 2.68. The zero-order chi connectivity index (χ0) is 12.5. The van der Waals surface area contributed by atoms with E-state index in [1.807, 2.05) is 19.9 Å². The van der Waals surface area contributed by atoms with E-state index in [-0.39, 0.29) is 11.8 Å². The molecule has 2 nitrogen and oxygen atoms in total. The van der Waals surface area contributed by atoms with E-state index in [2.05, 4.69) is 18.2 Å². The molecule has 0 radical (unpaired) electrons. The fourth-order valence-corrected chi connectivity index (χ4v) is 2.44. The van der Waals surface area contributed by atoms with Gasteiger partial charge >= 0.3 is 5.97 Å². The molecule has 0 heterocycles. The molecule has 0 saturated heterocycles. The molecule has 92 valence electrons. The summed E-state index contributed by atoms with van der Waals surface area (Å²) in [5.41, 5.74) is 2.24. The Morgan fingerprint density at radius 2 is 2.12 bits per heavy atom. The molecule has 0 amide bonds. The van der Waals surface area contributed by atoms with Crippen molar-refractivity contribution in [1.82, 2.24) is 0 Å². The van der Waals surface area contributed by atoms with Gasteiger partial charge in [0.25, 0.3) is 0 Å². The highest BCUT2D eigenvalue weighted by molar-refractivity contribution is 5.68. The molecular formula is C15H20O2. The average Bonchev–Trinajstić information content (AvgIpc) is 2.13. The summed E-state index contributed by atoms with van der Waals surface area (Å²) < 4.78 is 0. The highest BCUT2D eigenvalue weighted by Gasteiger charge is 2.26. The van der Waals surface area contributed by atoms with Gasteiger partial charge in [-0.3, -0.25) is 4.79 Å². The maximum absolute atomic E-state index is 10.9. The molecule has 1 N–H and O–H groups in total. The quantitative estimate of drug-likeness (QED) is 0.859. The zero-order valence-corrected chi connectivity index (χ0v) is 10.6. The number of carbonyl (C=O) groups is 1. The lowest BCUT2D eigenvalue weighted by Crippen LogP contribution is -2.22. The molecule has 0 atom stereocenters. The molecule has 0 bridgehead atoms. The lowest BCUT2D eigenvalue weighted by Gasteiger charge is -2.29. The van der Waals surface area contributed by atoms with E-state index in [1.54, 1.807) is 0 Å². The molecule has 1 saturated carbocycles. The molecule has 1 fully saturated rings. The molecular weight excluding hydrogens is 212 g/mol. The van der Waals surface area contributed by atoms with Crippen molar-refractivity contribution in [2.45, 2.75) is 50.9 Å². The predicted octanol–water partition coefficient (Wildman–Crippen LogP) is 3.71. The van der Waals surface area contributed by atoms with Crippen LogP contribution in [0.4, 0.5) is 0 Å².